The number of halogens is 2. The molecule has 0 spiro atoms. The molecule has 2 saturated heterocycles. The number of benzene rings is 2. The number of aliphatic hydroxyl groups excluding tert-OH is 1. The third-order valence-electron chi connectivity index (χ3n) is 5.27. The van der Waals surface area contributed by atoms with Crippen LogP contribution in [-0.2, 0) is 14.3 Å². The highest BCUT2D eigenvalue weighted by Crippen LogP contribution is 2.40. The highest BCUT2D eigenvalue weighted by molar-refractivity contribution is 9.10. The van der Waals surface area contributed by atoms with Gasteiger partial charge in [0.05, 0.1) is 17.7 Å². The van der Waals surface area contributed by atoms with Crippen LogP contribution in [0.25, 0.3) is 5.76 Å². The van der Waals surface area contributed by atoms with Crippen LogP contribution in [0.15, 0.2) is 58.6 Å². The summed E-state index contributed by atoms with van der Waals surface area (Å²) in [5.74, 6) is -1.52. The number of carbonyl (C=O) groups is 2. The zero-order valence-corrected chi connectivity index (χ0v) is 17.8. The normalized spacial score (nSPS) is 23.7. The molecule has 0 aliphatic carbocycles. The summed E-state index contributed by atoms with van der Waals surface area (Å²) in [7, 11) is 0. The summed E-state index contributed by atoms with van der Waals surface area (Å²) < 4.78 is 6.57. The molecular formula is C22H19BrClNO4. The Hall–Kier alpha value is -2.15. The van der Waals surface area contributed by atoms with Crippen molar-refractivity contribution in [3.63, 3.8) is 0 Å². The number of likely N-dealkylation sites (tertiary alicyclic amines) is 1. The van der Waals surface area contributed by atoms with Gasteiger partial charge in [-0.2, -0.15) is 0 Å². The van der Waals surface area contributed by atoms with Crippen LogP contribution < -0.4 is 0 Å². The minimum atomic E-state index is -0.691. The Morgan fingerprint density at radius 1 is 1.14 bits per heavy atom. The number of hydrogen-bond donors (Lipinski definition) is 1. The Bertz CT molecular complexity index is 965. The second-order valence-electron chi connectivity index (χ2n) is 7.14. The Morgan fingerprint density at radius 3 is 2.45 bits per heavy atom. The number of hydrogen-bond acceptors (Lipinski definition) is 4. The molecule has 2 heterocycles. The van der Waals surface area contributed by atoms with Crippen LogP contribution >= 0.6 is 27.5 Å². The fourth-order valence-corrected chi connectivity index (χ4v) is 4.22. The lowest BCUT2D eigenvalue weighted by Crippen LogP contribution is -2.36. The van der Waals surface area contributed by atoms with Crippen molar-refractivity contribution in [1.29, 1.82) is 0 Å². The van der Waals surface area contributed by atoms with Crippen molar-refractivity contribution in [3.05, 3.63) is 74.7 Å². The smallest absolute Gasteiger partial charge is 0.295 e. The first-order valence-electron chi connectivity index (χ1n) is 9.37. The quantitative estimate of drug-likeness (QED) is 0.394. The molecule has 1 N–H and O–H groups in total. The Balaban J connectivity index is 1.81. The van der Waals surface area contributed by atoms with E-state index in [1.54, 1.807) is 24.3 Å². The second-order valence-corrected chi connectivity index (χ2v) is 8.50. The lowest BCUT2D eigenvalue weighted by Gasteiger charge is -2.27. The summed E-state index contributed by atoms with van der Waals surface area (Å²) in [6, 6.07) is 13.2. The molecule has 0 unspecified atom stereocenters. The van der Waals surface area contributed by atoms with E-state index in [2.05, 4.69) is 15.9 Å². The number of carbonyl (C=O) groups excluding carboxylic acids is 2. The van der Waals surface area contributed by atoms with Crippen LogP contribution in [0.4, 0.5) is 0 Å². The standard InChI is InChI=1S/C22H19BrClNO4/c23-15-7-3-13(4-8-15)19-18(20(26)14-5-9-16(24)10-6-14)21(27)22(28)25(19)12-17-2-1-11-29-17/h3-10,17,19,26H,1-2,11-12H2/t17-,19-/m0/s1. The molecule has 4 rings (SSSR count). The third kappa shape index (κ3) is 3.97. The molecule has 2 aromatic carbocycles. The van der Waals surface area contributed by atoms with Crippen molar-refractivity contribution in [2.24, 2.45) is 0 Å². The number of amides is 1. The zero-order valence-electron chi connectivity index (χ0n) is 15.5. The van der Waals surface area contributed by atoms with Crippen molar-refractivity contribution in [3.8, 4) is 0 Å². The van der Waals surface area contributed by atoms with Gasteiger partial charge in [-0.15, -0.1) is 0 Å². The SMILES string of the molecule is O=C1C(=O)N(C[C@@H]2CCCO2)[C@@H](c2ccc(Br)cc2)C1=C(O)c1ccc(Cl)cc1. The van der Waals surface area contributed by atoms with E-state index in [-0.39, 0.29) is 17.4 Å². The summed E-state index contributed by atoms with van der Waals surface area (Å²) >= 11 is 9.35. The molecule has 0 aromatic heterocycles. The predicted molar refractivity (Wildman–Crippen MR) is 114 cm³/mol. The summed E-state index contributed by atoms with van der Waals surface area (Å²) in [6.45, 7) is 0.963. The fraction of sp³-hybridized carbons (Fsp3) is 0.273. The molecule has 1 amide bonds. The highest BCUT2D eigenvalue weighted by atomic mass is 79.9. The zero-order chi connectivity index (χ0) is 20.5. The first-order valence-corrected chi connectivity index (χ1v) is 10.5. The van der Waals surface area contributed by atoms with E-state index in [1.807, 2.05) is 24.3 Å². The fourth-order valence-electron chi connectivity index (χ4n) is 3.83. The van der Waals surface area contributed by atoms with E-state index in [0.29, 0.717) is 23.7 Å². The van der Waals surface area contributed by atoms with Crippen LogP contribution in [0.2, 0.25) is 5.02 Å². The summed E-state index contributed by atoms with van der Waals surface area (Å²) in [5, 5.41) is 11.5. The number of ether oxygens (including phenoxy) is 1. The van der Waals surface area contributed by atoms with Gasteiger partial charge in [0, 0.05) is 28.2 Å². The number of nitrogens with zero attached hydrogens (tertiary/aromatic N) is 1. The maximum atomic E-state index is 12.9. The van der Waals surface area contributed by atoms with Gasteiger partial charge in [-0.1, -0.05) is 39.7 Å². The van der Waals surface area contributed by atoms with E-state index in [4.69, 9.17) is 16.3 Å². The van der Waals surface area contributed by atoms with Gasteiger partial charge in [0.2, 0.25) is 0 Å². The van der Waals surface area contributed by atoms with Crippen molar-refractivity contribution in [2.75, 3.05) is 13.2 Å². The molecule has 0 bridgehead atoms. The Kier molecular flexibility index (Phi) is 5.76. The van der Waals surface area contributed by atoms with Crippen molar-refractivity contribution in [1.82, 2.24) is 4.90 Å². The third-order valence-corrected chi connectivity index (χ3v) is 6.05. The topological polar surface area (TPSA) is 66.8 Å². The van der Waals surface area contributed by atoms with Crippen LogP contribution in [0.3, 0.4) is 0 Å². The molecule has 0 radical (unpaired) electrons. The molecule has 2 aliphatic heterocycles. The van der Waals surface area contributed by atoms with Crippen LogP contribution in [-0.4, -0.2) is 41.0 Å². The second kappa shape index (κ2) is 8.30. The number of Topliss-reactive ketones (excluding diaryl/α,β-unsaturated/α-hetero) is 1. The van der Waals surface area contributed by atoms with Crippen molar-refractivity contribution < 1.29 is 19.4 Å². The minimum absolute atomic E-state index is 0.0811. The van der Waals surface area contributed by atoms with Gasteiger partial charge in [-0.25, -0.2) is 0 Å². The van der Waals surface area contributed by atoms with Crippen molar-refractivity contribution >= 4 is 45.0 Å². The van der Waals surface area contributed by atoms with Gasteiger partial charge in [-0.05, 0) is 54.8 Å². The van der Waals surface area contributed by atoms with Crippen LogP contribution in [0.5, 0.6) is 0 Å². The molecule has 29 heavy (non-hydrogen) atoms. The van der Waals surface area contributed by atoms with Gasteiger partial charge in [0.15, 0.2) is 0 Å². The van der Waals surface area contributed by atoms with Gasteiger partial charge in [-0.3, -0.25) is 9.59 Å². The Morgan fingerprint density at radius 2 is 1.83 bits per heavy atom. The lowest BCUT2D eigenvalue weighted by molar-refractivity contribution is -0.140. The number of ketones is 1. The minimum Gasteiger partial charge on any atom is -0.507 e. The first kappa shape index (κ1) is 20.1. The number of aliphatic hydroxyl groups is 1. The first-order chi connectivity index (χ1) is 14.0. The van der Waals surface area contributed by atoms with E-state index in [9.17, 15) is 14.7 Å². The maximum absolute atomic E-state index is 12.9. The Labute approximate surface area is 182 Å². The van der Waals surface area contributed by atoms with E-state index >= 15 is 0 Å². The molecule has 2 fully saturated rings. The average molecular weight is 477 g/mol. The summed E-state index contributed by atoms with van der Waals surface area (Å²) in [4.78, 5) is 27.3. The van der Waals surface area contributed by atoms with Gasteiger partial charge in [0.1, 0.15) is 5.76 Å². The average Bonchev–Trinajstić information content (AvgIpc) is 3.31. The molecule has 5 nitrogen and oxygen atoms in total. The highest BCUT2D eigenvalue weighted by Gasteiger charge is 2.47. The largest absolute Gasteiger partial charge is 0.507 e. The predicted octanol–water partition coefficient (Wildman–Crippen LogP) is 4.70. The van der Waals surface area contributed by atoms with Crippen LogP contribution in [0.1, 0.15) is 30.0 Å². The van der Waals surface area contributed by atoms with E-state index in [0.717, 1.165) is 22.9 Å². The summed E-state index contributed by atoms with van der Waals surface area (Å²) in [6.07, 6.45) is 1.66. The van der Waals surface area contributed by atoms with Gasteiger partial charge < -0.3 is 14.7 Å². The van der Waals surface area contributed by atoms with Crippen molar-refractivity contribution in [2.45, 2.75) is 25.0 Å². The molecule has 2 aromatic rings. The molecule has 2 atom stereocenters. The molecule has 7 heteroatoms. The lowest BCUT2D eigenvalue weighted by atomic mass is 9.95. The van der Waals surface area contributed by atoms with Gasteiger partial charge >= 0.3 is 0 Å². The van der Waals surface area contributed by atoms with Gasteiger partial charge in [0.25, 0.3) is 11.7 Å². The molecular weight excluding hydrogens is 458 g/mol. The molecule has 0 saturated carbocycles. The monoisotopic (exact) mass is 475 g/mol. The number of rotatable bonds is 4. The maximum Gasteiger partial charge on any atom is 0.295 e. The van der Waals surface area contributed by atoms with E-state index < -0.39 is 17.7 Å². The molecule has 150 valence electrons. The van der Waals surface area contributed by atoms with E-state index in [1.165, 1.54) is 4.90 Å². The molecule has 2 aliphatic rings. The summed E-state index contributed by atoms with van der Waals surface area (Å²) in [5.41, 5.74) is 1.27. The van der Waals surface area contributed by atoms with Crippen LogP contribution in [0, 0.1) is 0 Å².